The number of nitrogens with zero attached hydrogens (tertiary/aromatic N) is 4. The van der Waals surface area contributed by atoms with Gasteiger partial charge in [0.2, 0.25) is 5.91 Å². The first-order valence-corrected chi connectivity index (χ1v) is 21.3. The summed E-state index contributed by atoms with van der Waals surface area (Å²) >= 11 is 0. The number of carbonyl (C=O) groups excluding carboxylic acids is 4. The first-order valence-electron chi connectivity index (χ1n) is 21.3. The van der Waals surface area contributed by atoms with Crippen LogP contribution in [0.3, 0.4) is 0 Å². The molecule has 0 radical (unpaired) electrons. The molecule has 0 aliphatic carbocycles. The molecule has 14 heteroatoms. The number of rotatable bonds is 19. The molecule has 4 N–H and O–H groups in total. The molecule has 332 valence electrons. The number of pyridine rings is 1. The van der Waals surface area contributed by atoms with Gasteiger partial charge in [0.15, 0.2) is 0 Å². The zero-order valence-electron chi connectivity index (χ0n) is 37.3. The van der Waals surface area contributed by atoms with Gasteiger partial charge >= 0.3 is 12.1 Å². The average Bonchev–Trinajstić information content (AvgIpc) is 3.58. The molecule has 1 aromatic heterocycles. The first-order chi connectivity index (χ1) is 29.5. The number of carbonyl (C=O) groups is 4. The fourth-order valence-electron chi connectivity index (χ4n) is 7.48. The Bertz CT molecular complexity index is 2110. The van der Waals surface area contributed by atoms with E-state index in [2.05, 4.69) is 21.0 Å². The zero-order chi connectivity index (χ0) is 45.0. The number of hydrazine groups is 1. The van der Waals surface area contributed by atoms with Crippen molar-refractivity contribution in [3.63, 3.8) is 0 Å². The lowest BCUT2D eigenvalue weighted by atomic mass is 9.86. The summed E-state index contributed by atoms with van der Waals surface area (Å²) in [6.07, 6.45) is -1.10. The second-order valence-corrected chi connectivity index (χ2v) is 17.2. The highest BCUT2D eigenvalue weighted by Crippen LogP contribution is 2.26. The van der Waals surface area contributed by atoms with Crippen molar-refractivity contribution in [1.82, 2.24) is 35.9 Å². The van der Waals surface area contributed by atoms with Crippen molar-refractivity contribution >= 4 is 23.9 Å². The predicted molar refractivity (Wildman–Crippen MR) is 238 cm³/mol. The normalized spacial score (nSPS) is 15.4. The van der Waals surface area contributed by atoms with E-state index in [1.807, 2.05) is 146 Å². The van der Waals surface area contributed by atoms with Gasteiger partial charge in [-0.25, -0.2) is 14.6 Å². The summed E-state index contributed by atoms with van der Waals surface area (Å²) in [6, 6.07) is 27.4. The second-order valence-electron chi connectivity index (χ2n) is 17.2. The Hall–Kier alpha value is -5.99. The van der Waals surface area contributed by atoms with E-state index >= 15 is 0 Å². The Kier molecular flexibility index (Phi) is 16.5. The third-order valence-corrected chi connectivity index (χ3v) is 11.1. The topological polar surface area (TPSA) is 166 Å². The van der Waals surface area contributed by atoms with Crippen LogP contribution >= 0.6 is 0 Å². The van der Waals surface area contributed by atoms with E-state index < -0.39 is 41.6 Å². The lowest BCUT2D eigenvalue weighted by Gasteiger charge is -2.36. The Morgan fingerprint density at radius 2 is 1.56 bits per heavy atom. The van der Waals surface area contributed by atoms with Gasteiger partial charge in [0.25, 0.3) is 5.91 Å². The van der Waals surface area contributed by atoms with Crippen LogP contribution in [-0.2, 0) is 33.8 Å². The van der Waals surface area contributed by atoms with Crippen molar-refractivity contribution in [3.8, 4) is 11.5 Å². The summed E-state index contributed by atoms with van der Waals surface area (Å²) in [5.74, 6) is 0.133. The minimum absolute atomic E-state index is 0.123. The molecule has 14 nitrogen and oxygen atoms in total. The standard InChI is InChI=1S/C48H63N7O7/c1-9-33(3)42(55-26-25-53(47(55)60)30-37-19-13-15-34(4)49-37)44(57)50-40(28-35-16-11-10-12-17-35)41(56)31-54(52-45(58)43(48(5,6)7)51-46(59)61-8)29-36-18-14-20-39(27-36)62-38-23-21-32(2)22-24-38/h10-24,27,33,40-43,56H,9,25-26,28-31H2,1-8H3,(H,50,57)(H,51,59)(H,52,58)/t33-,40-,41-,42-,43+/m0/s1. The molecular weight excluding hydrogens is 787 g/mol. The van der Waals surface area contributed by atoms with Crippen molar-refractivity contribution in [2.75, 3.05) is 26.7 Å². The summed E-state index contributed by atoms with van der Waals surface area (Å²) < 4.78 is 11.0. The number of hydrogen-bond donors (Lipinski definition) is 4. The first kappa shape index (κ1) is 47.1. The quantitative estimate of drug-likeness (QED) is 0.0768. The molecule has 1 aliphatic rings. The minimum atomic E-state index is -1.23. The van der Waals surface area contributed by atoms with Crippen molar-refractivity contribution in [2.24, 2.45) is 11.3 Å². The Morgan fingerprint density at radius 1 is 0.871 bits per heavy atom. The number of methoxy groups -OCH3 is 1. The molecule has 0 saturated carbocycles. The number of benzene rings is 3. The number of amides is 5. The van der Waals surface area contributed by atoms with E-state index in [1.165, 1.54) is 7.11 Å². The van der Waals surface area contributed by atoms with Gasteiger partial charge in [0.1, 0.15) is 23.6 Å². The third-order valence-electron chi connectivity index (χ3n) is 11.1. The highest BCUT2D eigenvalue weighted by atomic mass is 16.5. The van der Waals surface area contributed by atoms with Crippen molar-refractivity contribution < 1.29 is 33.8 Å². The molecule has 1 fully saturated rings. The smallest absolute Gasteiger partial charge is 0.407 e. The average molecular weight is 850 g/mol. The highest BCUT2D eigenvalue weighted by Gasteiger charge is 2.41. The molecule has 5 amide bonds. The summed E-state index contributed by atoms with van der Waals surface area (Å²) in [4.78, 5) is 62.9. The third kappa shape index (κ3) is 13.3. The monoisotopic (exact) mass is 849 g/mol. The molecule has 0 spiro atoms. The van der Waals surface area contributed by atoms with Crippen molar-refractivity contribution in [1.29, 1.82) is 0 Å². The molecule has 4 aromatic rings. The van der Waals surface area contributed by atoms with E-state index in [9.17, 15) is 24.3 Å². The number of ether oxygens (including phenoxy) is 2. The van der Waals surface area contributed by atoms with E-state index in [0.717, 1.165) is 28.1 Å². The maximum atomic E-state index is 14.6. The summed E-state index contributed by atoms with van der Waals surface area (Å²) in [6.45, 7) is 14.4. The van der Waals surface area contributed by atoms with Crippen LogP contribution in [0.5, 0.6) is 11.5 Å². The molecule has 0 bridgehead atoms. The molecule has 0 unspecified atom stereocenters. The lowest BCUT2D eigenvalue weighted by molar-refractivity contribution is -0.132. The van der Waals surface area contributed by atoms with Crippen LogP contribution in [0.25, 0.3) is 0 Å². The van der Waals surface area contributed by atoms with E-state index in [1.54, 1.807) is 14.8 Å². The van der Waals surface area contributed by atoms with E-state index in [0.29, 0.717) is 37.6 Å². The Balaban J connectivity index is 1.42. The van der Waals surface area contributed by atoms with Gasteiger partial charge in [-0.1, -0.05) is 107 Å². The SMILES string of the molecule is CC[C@H](C)[C@@H](C(=O)N[C@@H](Cc1ccccc1)[C@@H](O)CN(Cc1cccc(Oc2ccc(C)cc2)c1)NC(=O)[C@@H](NC(=O)OC)C(C)(C)C)N1CCN(Cc2cccc(C)n2)C1=O. The number of hydrogen-bond acceptors (Lipinski definition) is 9. The van der Waals surface area contributed by atoms with Crippen LogP contribution in [0.2, 0.25) is 0 Å². The number of nitrogens with one attached hydrogen (secondary N) is 3. The van der Waals surface area contributed by atoms with Gasteiger partial charge in [-0.3, -0.25) is 20.0 Å². The second kappa shape index (κ2) is 21.7. The molecule has 3 aromatic carbocycles. The van der Waals surface area contributed by atoms with Crippen LogP contribution in [0.4, 0.5) is 9.59 Å². The summed E-state index contributed by atoms with van der Waals surface area (Å²) in [5.41, 5.74) is 6.60. The number of alkyl carbamates (subject to hydrolysis) is 1. The minimum Gasteiger partial charge on any atom is -0.457 e. The van der Waals surface area contributed by atoms with Gasteiger partial charge in [0, 0.05) is 31.9 Å². The molecule has 1 saturated heterocycles. The molecule has 62 heavy (non-hydrogen) atoms. The predicted octanol–water partition coefficient (Wildman–Crippen LogP) is 6.54. The summed E-state index contributed by atoms with van der Waals surface area (Å²) in [5, 5.41) is 19.6. The maximum Gasteiger partial charge on any atom is 0.407 e. The van der Waals surface area contributed by atoms with E-state index in [-0.39, 0.29) is 37.4 Å². The van der Waals surface area contributed by atoms with Crippen molar-refractivity contribution in [3.05, 3.63) is 125 Å². The number of aliphatic hydroxyl groups is 1. The fourth-order valence-corrected chi connectivity index (χ4v) is 7.48. The number of aryl methyl sites for hydroxylation is 2. The Labute approximate surface area is 366 Å². The number of aromatic nitrogens is 1. The van der Waals surface area contributed by atoms with Crippen molar-refractivity contribution in [2.45, 2.75) is 98.6 Å². The molecule has 5 atom stereocenters. The molecule has 1 aliphatic heterocycles. The van der Waals surface area contributed by atoms with Crippen LogP contribution < -0.4 is 20.8 Å². The maximum absolute atomic E-state index is 14.6. The van der Waals surface area contributed by atoms with Gasteiger partial charge in [-0.15, -0.1) is 0 Å². The number of aliphatic hydroxyl groups excluding tert-OH is 1. The number of urea groups is 1. The largest absolute Gasteiger partial charge is 0.457 e. The lowest BCUT2D eigenvalue weighted by Crippen LogP contribution is -2.60. The molecule has 2 heterocycles. The van der Waals surface area contributed by atoms with Crippen LogP contribution in [0.15, 0.2) is 97.1 Å². The fraction of sp³-hybridized carbons (Fsp3) is 0.438. The van der Waals surface area contributed by atoms with Gasteiger partial charge in [-0.2, -0.15) is 0 Å². The van der Waals surface area contributed by atoms with Crippen LogP contribution in [0.1, 0.15) is 69.1 Å². The van der Waals surface area contributed by atoms with E-state index in [4.69, 9.17) is 9.47 Å². The molecular formula is C48H63N7O7. The van der Waals surface area contributed by atoms with Gasteiger partial charge in [0.05, 0.1) is 31.5 Å². The molecule has 5 rings (SSSR count). The van der Waals surface area contributed by atoms with Crippen LogP contribution in [0, 0.1) is 25.2 Å². The van der Waals surface area contributed by atoms with Gasteiger partial charge < -0.3 is 35.0 Å². The summed E-state index contributed by atoms with van der Waals surface area (Å²) in [7, 11) is 1.23. The van der Waals surface area contributed by atoms with Gasteiger partial charge in [-0.05, 0) is 79.1 Å². The van der Waals surface area contributed by atoms with Crippen LogP contribution in [-0.4, -0.2) is 99.8 Å². The zero-order valence-corrected chi connectivity index (χ0v) is 37.3. The highest BCUT2D eigenvalue weighted by molar-refractivity contribution is 5.88. The Morgan fingerprint density at radius 3 is 2.23 bits per heavy atom.